The van der Waals surface area contributed by atoms with E-state index in [0.29, 0.717) is 31.7 Å². The predicted molar refractivity (Wildman–Crippen MR) is 71.6 cm³/mol. The molecular formula is C13H16ClFN2O2. The fourth-order valence-corrected chi connectivity index (χ4v) is 2.24. The molecule has 19 heavy (non-hydrogen) atoms. The van der Waals surface area contributed by atoms with Gasteiger partial charge in [-0.05, 0) is 31.0 Å². The van der Waals surface area contributed by atoms with Crippen LogP contribution in [0.5, 0.6) is 0 Å². The lowest BCUT2D eigenvalue weighted by atomic mass is 9.79. The molecule has 1 fully saturated rings. The first kappa shape index (κ1) is 14.2. The molecule has 6 heteroatoms. The van der Waals surface area contributed by atoms with Crippen LogP contribution in [0.3, 0.4) is 0 Å². The maximum Gasteiger partial charge on any atom is 0.232 e. The van der Waals surface area contributed by atoms with Crippen LogP contribution in [0, 0.1) is 11.2 Å². The van der Waals surface area contributed by atoms with Crippen molar-refractivity contribution in [3.05, 3.63) is 29.0 Å². The van der Waals surface area contributed by atoms with Crippen LogP contribution < -0.4 is 11.1 Å². The topological polar surface area (TPSA) is 64.4 Å². The first-order valence-electron chi connectivity index (χ1n) is 6.12. The molecule has 0 unspecified atom stereocenters. The van der Waals surface area contributed by atoms with Gasteiger partial charge in [-0.25, -0.2) is 4.39 Å². The number of amides is 1. The number of hydrogen-bond donors (Lipinski definition) is 2. The van der Waals surface area contributed by atoms with E-state index < -0.39 is 11.2 Å². The van der Waals surface area contributed by atoms with E-state index in [-0.39, 0.29) is 17.5 Å². The number of nitrogens with two attached hydrogens (primary N) is 1. The van der Waals surface area contributed by atoms with Crippen molar-refractivity contribution >= 4 is 23.2 Å². The van der Waals surface area contributed by atoms with Gasteiger partial charge in [0.15, 0.2) is 0 Å². The minimum absolute atomic E-state index is 0.0256. The Morgan fingerprint density at radius 1 is 1.47 bits per heavy atom. The number of nitrogens with one attached hydrogen (secondary N) is 1. The number of carbonyl (C=O) groups is 1. The lowest BCUT2D eigenvalue weighted by molar-refractivity contribution is -0.130. The molecule has 1 heterocycles. The number of benzene rings is 1. The van der Waals surface area contributed by atoms with Crippen LogP contribution >= 0.6 is 11.6 Å². The summed E-state index contributed by atoms with van der Waals surface area (Å²) >= 11 is 5.60. The van der Waals surface area contributed by atoms with Gasteiger partial charge >= 0.3 is 0 Å². The summed E-state index contributed by atoms with van der Waals surface area (Å²) in [7, 11) is 0. The molecule has 0 spiro atoms. The summed E-state index contributed by atoms with van der Waals surface area (Å²) in [5.41, 5.74) is 5.49. The van der Waals surface area contributed by atoms with Gasteiger partial charge in [-0.1, -0.05) is 11.6 Å². The van der Waals surface area contributed by atoms with E-state index in [9.17, 15) is 9.18 Å². The summed E-state index contributed by atoms with van der Waals surface area (Å²) in [6, 6.07) is 4.17. The van der Waals surface area contributed by atoms with E-state index in [1.54, 1.807) is 6.07 Å². The summed E-state index contributed by atoms with van der Waals surface area (Å²) in [6.07, 6.45) is 1.15. The molecule has 1 aliphatic rings. The van der Waals surface area contributed by atoms with Gasteiger partial charge in [-0.3, -0.25) is 4.79 Å². The molecule has 0 aliphatic carbocycles. The zero-order chi connectivity index (χ0) is 13.9. The van der Waals surface area contributed by atoms with E-state index in [2.05, 4.69) is 5.32 Å². The SMILES string of the molecule is NCC1(C(=O)Nc2ccc(Cl)c(F)c2)CCOCC1. The monoisotopic (exact) mass is 286 g/mol. The van der Waals surface area contributed by atoms with Crippen LogP contribution in [0.15, 0.2) is 18.2 Å². The number of carbonyl (C=O) groups excluding carboxylic acids is 1. The van der Waals surface area contributed by atoms with Crippen molar-refractivity contribution in [1.82, 2.24) is 0 Å². The zero-order valence-corrected chi connectivity index (χ0v) is 11.2. The summed E-state index contributed by atoms with van der Waals surface area (Å²) < 4.78 is 18.6. The summed E-state index contributed by atoms with van der Waals surface area (Å²) in [6.45, 7) is 1.28. The van der Waals surface area contributed by atoms with Crippen LogP contribution in [0.25, 0.3) is 0 Å². The van der Waals surface area contributed by atoms with Gasteiger partial charge in [0.25, 0.3) is 0 Å². The Morgan fingerprint density at radius 3 is 2.74 bits per heavy atom. The Morgan fingerprint density at radius 2 is 2.16 bits per heavy atom. The third-order valence-corrected chi connectivity index (χ3v) is 3.81. The normalized spacial score (nSPS) is 18.1. The molecule has 4 nitrogen and oxygen atoms in total. The first-order chi connectivity index (χ1) is 9.07. The van der Waals surface area contributed by atoms with E-state index in [4.69, 9.17) is 22.1 Å². The number of halogens is 2. The third kappa shape index (κ3) is 3.05. The quantitative estimate of drug-likeness (QED) is 0.895. The van der Waals surface area contributed by atoms with Crippen molar-refractivity contribution in [3.63, 3.8) is 0 Å². The van der Waals surface area contributed by atoms with Crippen molar-refractivity contribution in [2.75, 3.05) is 25.1 Å². The number of rotatable bonds is 3. The molecule has 0 saturated carbocycles. The lowest BCUT2D eigenvalue weighted by Crippen LogP contribution is -2.46. The van der Waals surface area contributed by atoms with Gasteiger partial charge in [0, 0.05) is 25.4 Å². The number of anilines is 1. The average Bonchev–Trinajstić information content (AvgIpc) is 2.43. The van der Waals surface area contributed by atoms with Gasteiger partial charge < -0.3 is 15.8 Å². The smallest absolute Gasteiger partial charge is 0.232 e. The first-order valence-corrected chi connectivity index (χ1v) is 6.49. The van der Waals surface area contributed by atoms with Crippen LogP contribution in [-0.2, 0) is 9.53 Å². The Bertz CT molecular complexity index is 476. The summed E-state index contributed by atoms with van der Waals surface area (Å²) in [5.74, 6) is -0.756. The van der Waals surface area contributed by atoms with Crippen LogP contribution in [0.2, 0.25) is 5.02 Å². The molecule has 1 aromatic carbocycles. The van der Waals surface area contributed by atoms with E-state index in [1.165, 1.54) is 12.1 Å². The maximum atomic E-state index is 13.3. The molecule has 1 aliphatic heterocycles. The highest BCUT2D eigenvalue weighted by molar-refractivity contribution is 6.30. The maximum absolute atomic E-state index is 13.3. The Hall–Kier alpha value is -1.17. The van der Waals surface area contributed by atoms with Gasteiger partial charge in [0.2, 0.25) is 5.91 Å². The zero-order valence-electron chi connectivity index (χ0n) is 10.4. The van der Waals surface area contributed by atoms with Crippen molar-refractivity contribution in [3.8, 4) is 0 Å². The minimum Gasteiger partial charge on any atom is -0.381 e. The molecule has 0 aromatic heterocycles. The number of ether oxygens (including phenoxy) is 1. The van der Waals surface area contributed by atoms with Gasteiger partial charge in [-0.15, -0.1) is 0 Å². The molecule has 2 rings (SSSR count). The molecule has 1 saturated heterocycles. The fourth-order valence-electron chi connectivity index (χ4n) is 2.12. The number of hydrogen-bond acceptors (Lipinski definition) is 3. The Kier molecular flexibility index (Phi) is 4.39. The van der Waals surface area contributed by atoms with Gasteiger partial charge in [0.1, 0.15) is 5.82 Å². The summed E-state index contributed by atoms with van der Waals surface area (Å²) in [4.78, 5) is 12.3. The van der Waals surface area contributed by atoms with Crippen LogP contribution in [0.1, 0.15) is 12.8 Å². The predicted octanol–water partition coefficient (Wildman–Crippen LogP) is 2.17. The molecule has 104 valence electrons. The van der Waals surface area contributed by atoms with E-state index >= 15 is 0 Å². The highest BCUT2D eigenvalue weighted by Crippen LogP contribution is 2.31. The van der Waals surface area contributed by atoms with Crippen molar-refractivity contribution in [1.29, 1.82) is 0 Å². The van der Waals surface area contributed by atoms with Crippen LogP contribution in [0.4, 0.5) is 10.1 Å². The van der Waals surface area contributed by atoms with Crippen molar-refractivity contribution in [2.45, 2.75) is 12.8 Å². The molecule has 1 aromatic rings. The highest BCUT2D eigenvalue weighted by atomic mass is 35.5. The van der Waals surface area contributed by atoms with Gasteiger partial charge in [-0.2, -0.15) is 0 Å². The fraction of sp³-hybridized carbons (Fsp3) is 0.462. The molecular weight excluding hydrogens is 271 g/mol. The van der Waals surface area contributed by atoms with Crippen LogP contribution in [-0.4, -0.2) is 25.7 Å². The second-order valence-corrected chi connectivity index (χ2v) is 5.09. The summed E-state index contributed by atoms with van der Waals surface area (Å²) in [5, 5.41) is 2.72. The Balaban J connectivity index is 2.12. The third-order valence-electron chi connectivity index (χ3n) is 3.50. The van der Waals surface area contributed by atoms with E-state index in [1.807, 2.05) is 0 Å². The van der Waals surface area contributed by atoms with Crippen molar-refractivity contribution in [2.24, 2.45) is 11.1 Å². The molecule has 0 bridgehead atoms. The average molecular weight is 287 g/mol. The standard InChI is InChI=1S/C13H16ClFN2O2/c14-10-2-1-9(7-11(10)15)17-12(18)13(8-16)3-5-19-6-4-13/h1-2,7H,3-6,8,16H2,(H,17,18). The molecule has 0 radical (unpaired) electrons. The largest absolute Gasteiger partial charge is 0.381 e. The molecule has 1 amide bonds. The second-order valence-electron chi connectivity index (χ2n) is 4.68. The minimum atomic E-state index is -0.631. The lowest BCUT2D eigenvalue weighted by Gasteiger charge is -2.34. The highest BCUT2D eigenvalue weighted by Gasteiger charge is 2.38. The second kappa shape index (κ2) is 5.86. The molecule has 0 atom stereocenters. The van der Waals surface area contributed by atoms with Crippen molar-refractivity contribution < 1.29 is 13.9 Å². The molecule has 3 N–H and O–H groups in total. The van der Waals surface area contributed by atoms with E-state index in [0.717, 1.165) is 0 Å². The van der Waals surface area contributed by atoms with Gasteiger partial charge in [0.05, 0.1) is 10.4 Å². The Labute approximate surface area is 116 Å².